The second-order valence-corrected chi connectivity index (χ2v) is 8.29. The van der Waals surface area contributed by atoms with Crippen LogP contribution in [0.2, 0.25) is 0 Å². The second-order valence-electron chi connectivity index (χ2n) is 6.54. The molecule has 0 aliphatic carbocycles. The first-order valence-corrected chi connectivity index (χ1v) is 10.6. The van der Waals surface area contributed by atoms with Crippen molar-refractivity contribution >= 4 is 32.7 Å². The molecular formula is C19H22N4O4S. The van der Waals surface area contributed by atoms with Crippen LogP contribution in [-0.2, 0) is 35.0 Å². The van der Waals surface area contributed by atoms with Gasteiger partial charge in [0.1, 0.15) is 0 Å². The van der Waals surface area contributed by atoms with Crippen molar-refractivity contribution in [2.45, 2.75) is 19.5 Å². The number of hydrogen-bond acceptors (Lipinski definition) is 4. The quantitative estimate of drug-likeness (QED) is 0.624. The number of aromatic nitrogens is 2. The van der Waals surface area contributed by atoms with Crippen LogP contribution in [0, 0.1) is 0 Å². The highest BCUT2D eigenvalue weighted by Crippen LogP contribution is 2.16. The largest absolute Gasteiger partial charge is 0.352 e. The van der Waals surface area contributed by atoms with Gasteiger partial charge >= 0.3 is 5.69 Å². The summed E-state index contributed by atoms with van der Waals surface area (Å²) in [5.74, 6) is -0.228. The van der Waals surface area contributed by atoms with Crippen molar-refractivity contribution in [1.82, 2.24) is 14.5 Å². The van der Waals surface area contributed by atoms with Gasteiger partial charge in [-0.3, -0.25) is 18.7 Å². The van der Waals surface area contributed by atoms with Crippen molar-refractivity contribution in [3.8, 4) is 0 Å². The summed E-state index contributed by atoms with van der Waals surface area (Å²) in [6, 6.07) is 14.3. The van der Waals surface area contributed by atoms with Crippen LogP contribution in [-0.4, -0.2) is 29.7 Å². The van der Waals surface area contributed by atoms with Gasteiger partial charge in [-0.25, -0.2) is 13.2 Å². The number of fused-ring (bicyclic) bond motifs is 1. The Morgan fingerprint density at radius 1 is 1.04 bits per heavy atom. The minimum Gasteiger partial charge on any atom is -0.352 e. The molecule has 0 atom stereocenters. The Balaban J connectivity index is 1.66. The normalized spacial score (nSPS) is 11.5. The molecule has 1 heterocycles. The summed E-state index contributed by atoms with van der Waals surface area (Å²) in [7, 11) is -1.71. The first-order valence-electron chi connectivity index (χ1n) is 8.73. The molecule has 1 aromatic heterocycles. The molecule has 148 valence electrons. The number of sulfonamides is 1. The maximum Gasteiger partial charge on any atom is 0.328 e. The summed E-state index contributed by atoms with van der Waals surface area (Å²) < 4.78 is 28.5. The highest BCUT2D eigenvalue weighted by atomic mass is 32.2. The molecule has 0 aliphatic heterocycles. The number of carbonyl (C=O) groups is 1. The third kappa shape index (κ3) is 4.42. The molecule has 0 saturated carbocycles. The average molecular weight is 402 g/mol. The molecule has 0 spiro atoms. The summed E-state index contributed by atoms with van der Waals surface area (Å²) in [5, 5.41) is 2.77. The van der Waals surface area contributed by atoms with E-state index in [9.17, 15) is 18.0 Å². The molecule has 0 fully saturated rings. The van der Waals surface area contributed by atoms with E-state index in [1.54, 1.807) is 40.4 Å². The molecule has 3 aromatic rings. The number of carbonyl (C=O) groups excluding carboxylic acids is 1. The molecule has 8 nitrogen and oxygen atoms in total. The number of amides is 1. The fourth-order valence-corrected chi connectivity index (χ4v) is 3.65. The predicted molar refractivity (Wildman–Crippen MR) is 109 cm³/mol. The number of nitrogens with one attached hydrogen (secondary N) is 2. The molecule has 1 amide bonds. The molecule has 28 heavy (non-hydrogen) atoms. The number of rotatable bonds is 7. The summed E-state index contributed by atoms with van der Waals surface area (Å²) >= 11 is 0. The molecule has 2 N–H and O–H groups in total. The van der Waals surface area contributed by atoms with Crippen molar-refractivity contribution in [3.05, 3.63) is 64.6 Å². The Hall–Kier alpha value is -3.07. The van der Waals surface area contributed by atoms with Gasteiger partial charge in [0.15, 0.2) is 0 Å². The molecule has 0 unspecified atom stereocenters. The van der Waals surface area contributed by atoms with Gasteiger partial charge in [0.25, 0.3) is 0 Å². The lowest BCUT2D eigenvalue weighted by atomic mass is 10.2. The van der Waals surface area contributed by atoms with E-state index < -0.39 is 10.0 Å². The van der Waals surface area contributed by atoms with E-state index in [2.05, 4.69) is 10.0 Å². The number of para-hydroxylation sites is 3. The van der Waals surface area contributed by atoms with Crippen LogP contribution in [0.3, 0.4) is 0 Å². The molecule has 2 aromatic carbocycles. The van der Waals surface area contributed by atoms with E-state index in [0.717, 1.165) is 17.3 Å². The molecule has 0 bridgehead atoms. The zero-order chi connectivity index (χ0) is 20.3. The van der Waals surface area contributed by atoms with Crippen molar-refractivity contribution in [3.63, 3.8) is 0 Å². The highest BCUT2D eigenvalue weighted by Gasteiger charge is 2.12. The number of benzene rings is 2. The topological polar surface area (TPSA) is 102 Å². The highest BCUT2D eigenvalue weighted by molar-refractivity contribution is 7.92. The third-order valence-corrected chi connectivity index (χ3v) is 4.99. The van der Waals surface area contributed by atoms with Gasteiger partial charge in [0.2, 0.25) is 15.9 Å². The molecule has 0 aliphatic rings. The first-order chi connectivity index (χ1) is 13.3. The molecule has 0 radical (unpaired) electrons. The summed E-state index contributed by atoms with van der Waals surface area (Å²) in [4.78, 5) is 24.7. The Morgan fingerprint density at radius 3 is 2.39 bits per heavy atom. The van der Waals surface area contributed by atoms with Gasteiger partial charge in [-0.1, -0.05) is 30.3 Å². The van der Waals surface area contributed by atoms with Gasteiger partial charge in [-0.05, 0) is 23.8 Å². The number of nitrogens with zero attached hydrogens (tertiary/aromatic N) is 2. The molecular weight excluding hydrogens is 380 g/mol. The maximum atomic E-state index is 12.4. The van der Waals surface area contributed by atoms with Crippen LogP contribution in [0.4, 0.5) is 5.69 Å². The second kappa shape index (κ2) is 7.89. The zero-order valence-corrected chi connectivity index (χ0v) is 16.5. The molecule has 9 heteroatoms. The SMILES string of the molecule is Cn1c(=O)n(CCC(=O)NCc2ccccc2NS(C)(=O)=O)c2ccccc21. The van der Waals surface area contributed by atoms with Crippen LogP contribution in [0.15, 0.2) is 53.3 Å². The van der Waals surface area contributed by atoms with Crippen LogP contribution >= 0.6 is 0 Å². The first kappa shape index (κ1) is 19.7. The number of aryl methyl sites for hydroxylation is 2. The fraction of sp³-hybridized carbons (Fsp3) is 0.263. The van der Waals surface area contributed by atoms with E-state index in [1.165, 1.54) is 0 Å². The van der Waals surface area contributed by atoms with E-state index in [-0.39, 0.29) is 31.1 Å². The Kier molecular flexibility index (Phi) is 5.55. The molecule has 0 saturated heterocycles. The Labute approximate surface area is 162 Å². The summed E-state index contributed by atoms with van der Waals surface area (Å²) in [6.07, 6.45) is 1.21. The van der Waals surface area contributed by atoms with E-state index >= 15 is 0 Å². The van der Waals surface area contributed by atoms with Crippen molar-refractivity contribution < 1.29 is 13.2 Å². The van der Waals surface area contributed by atoms with Crippen molar-refractivity contribution in [1.29, 1.82) is 0 Å². The molecule has 3 rings (SSSR count). The predicted octanol–water partition coefficient (Wildman–Crippen LogP) is 1.42. The van der Waals surface area contributed by atoms with E-state index in [0.29, 0.717) is 11.3 Å². The maximum absolute atomic E-state index is 12.4. The number of imidazole rings is 1. The van der Waals surface area contributed by atoms with Gasteiger partial charge in [-0.2, -0.15) is 0 Å². The zero-order valence-electron chi connectivity index (χ0n) is 15.7. The fourth-order valence-electron chi connectivity index (χ4n) is 3.05. The lowest BCUT2D eigenvalue weighted by Crippen LogP contribution is -2.28. The minimum absolute atomic E-state index is 0.135. The number of hydrogen-bond donors (Lipinski definition) is 2. The Morgan fingerprint density at radius 2 is 1.68 bits per heavy atom. The van der Waals surface area contributed by atoms with E-state index in [4.69, 9.17) is 0 Å². The lowest BCUT2D eigenvalue weighted by molar-refractivity contribution is -0.121. The minimum atomic E-state index is -3.41. The van der Waals surface area contributed by atoms with Crippen LogP contribution in [0.5, 0.6) is 0 Å². The summed E-state index contributed by atoms with van der Waals surface area (Å²) in [5.41, 5.74) is 2.51. The standard InChI is InChI=1S/C19H22N4O4S/c1-22-16-9-5-6-10-17(16)23(19(22)25)12-11-18(24)20-13-14-7-3-4-8-15(14)21-28(2,26)27/h3-10,21H,11-13H2,1-2H3,(H,20,24). The lowest BCUT2D eigenvalue weighted by Gasteiger charge is -2.11. The van der Waals surface area contributed by atoms with Gasteiger partial charge in [0.05, 0.1) is 23.0 Å². The van der Waals surface area contributed by atoms with Crippen molar-refractivity contribution in [2.24, 2.45) is 7.05 Å². The summed E-state index contributed by atoms with van der Waals surface area (Å²) in [6.45, 7) is 0.442. The third-order valence-electron chi connectivity index (χ3n) is 4.40. The van der Waals surface area contributed by atoms with Crippen molar-refractivity contribution in [2.75, 3.05) is 11.0 Å². The number of anilines is 1. The van der Waals surface area contributed by atoms with Crippen LogP contribution in [0.25, 0.3) is 11.0 Å². The van der Waals surface area contributed by atoms with Gasteiger partial charge in [-0.15, -0.1) is 0 Å². The smallest absolute Gasteiger partial charge is 0.328 e. The van der Waals surface area contributed by atoms with Crippen LogP contribution in [0.1, 0.15) is 12.0 Å². The van der Waals surface area contributed by atoms with Gasteiger partial charge in [0, 0.05) is 26.6 Å². The van der Waals surface area contributed by atoms with Crippen LogP contribution < -0.4 is 15.7 Å². The van der Waals surface area contributed by atoms with E-state index in [1.807, 2.05) is 24.3 Å². The van der Waals surface area contributed by atoms with Gasteiger partial charge < -0.3 is 5.32 Å². The average Bonchev–Trinajstić information content (AvgIpc) is 2.89. The Bertz CT molecular complexity index is 1180. The monoisotopic (exact) mass is 402 g/mol.